The van der Waals surface area contributed by atoms with E-state index < -0.39 is 22.5 Å². The zero-order valence-electron chi connectivity index (χ0n) is 9.19. The van der Waals surface area contributed by atoms with Crippen LogP contribution in [0.3, 0.4) is 0 Å². The molecule has 0 saturated carbocycles. The molecule has 0 aromatic heterocycles. The summed E-state index contributed by atoms with van der Waals surface area (Å²) in [7, 11) is 0. The van der Waals surface area contributed by atoms with Gasteiger partial charge in [0.15, 0.2) is 5.78 Å². The lowest BCUT2D eigenvalue weighted by atomic mass is 10.1. The maximum atomic E-state index is 12.7. The van der Waals surface area contributed by atoms with Gasteiger partial charge in [-0.2, -0.15) is 13.2 Å². The monoisotopic (exact) mass is 266 g/mol. The second-order valence-electron chi connectivity index (χ2n) is 3.32. The summed E-state index contributed by atoms with van der Waals surface area (Å²) in [4.78, 5) is 11.2. The van der Waals surface area contributed by atoms with Crippen LogP contribution in [0.5, 0.6) is 5.75 Å². The van der Waals surface area contributed by atoms with Crippen LogP contribution in [-0.4, -0.2) is 12.4 Å². The first-order valence-electron chi connectivity index (χ1n) is 4.81. The molecule has 0 fully saturated rings. The fourth-order valence-corrected chi connectivity index (χ4v) is 1.66. The third-order valence-electron chi connectivity index (χ3n) is 2.04. The van der Waals surface area contributed by atoms with Crippen molar-refractivity contribution in [1.82, 2.24) is 0 Å². The highest BCUT2D eigenvalue weighted by Crippen LogP contribution is 2.39. The molecule has 0 spiro atoms. The molecule has 0 N–H and O–H groups in total. The number of ketones is 1. The van der Waals surface area contributed by atoms with Gasteiger partial charge in [-0.3, -0.25) is 4.79 Å². The van der Waals surface area contributed by atoms with E-state index in [9.17, 15) is 18.0 Å². The second-order valence-corrected chi connectivity index (χ2v) is 3.70. The summed E-state index contributed by atoms with van der Waals surface area (Å²) >= 11 is 5.56. The third-order valence-corrected chi connectivity index (χ3v) is 2.45. The zero-order valence-corrected chi connectivity index (χ0v) is 9.95. The molecule has 0 heterocycles. The van der Waals surface area contributed by atoms with Crippen LogP contribution in [0.15, 0.2) is 12.1 Å². The molecule has 0 aliphatic carbocycles. The first-order valence-corrected chi connectivity index (χ1v) is 5.19. The molecular formula is C11H10ClF3O2. The summed E-state index contributed by atoms with van der Waals surface area (Å²) in [6, 6.07) is 2.00. The van der Waals surface area contributed by atoms with Gasteiger partial charge in [-0.25, -0.2) is 0 Å². The first-order chi connectivity index (χ1) is 7.77. The highest BCUT2D eigenvalue weighted by Gasteiger charge is 2.35. The predicted molar refractivity (Wildman–Crippen MR) is 57.6 cm³/mol. The number of halogens is 4. The largest absolute Gasteiger partial charge is 0.494 e. The minimum Gasteiger partial charge on any atom is -0.494 e. The van der Waals surface area contributed by atoms with E-state index in [0.717, 1.165) is 13.0 Å². The minimum atomic E-state index is -4.62. The highest BCUT2D eigenvalue weighted by molar-refractivity contribution is 6.34. The fraction of sp³-hybridized carbons (Fsp3) is 0.364. The zero-order chi connectivity index (χ0) is 13.2. The quantitative estimate of drug-likeness (QED) is 0.774. The summed E-state index contributed by atoms with van der Waals surface area (Å²) in [5.41, 5.74) is -1.25. The normalized spacial score (nSPS) is 11.4. The summed E-state index contributed by atoms with van der Waals surface area (Å²) in [5.74, 6) is -0.559. The van der Waals surface area contributed by atoms with Crippen molar-refractivity contribution in [2.75, 3.05) is 6.61 Å². The maximum Gasteiger partial charge on any atom is 0.418 e. The molecule has 1 rings (SSSR count). The maximum absolute atomic E-state index is 12.7. The lowest BCUT2D eigenvalue weighted by molar-refractivity contribution is -0.137. The van der Waals surface area contributed by atoms with E-state index in [-0.39, 0.29) is 17.9 Å². The van der Waals surface area contributed by atoms with Crippen LogP contribution < -0.4 is 4.74 Å². The van der Waals surface area contributed by atoms with E-state index in [1.807, 2.05) is 0 Å². The molecule has 0 bridgehead atoms. The molecule has 0 amide bonds. The van der Waals surface area contributed by atoms with Crippen molar-refractivity contribution in [3.8, 4) is 5.75 Å². The lowest BCUT2D eigenvalue weighted by Gasteiger charge is -2.14. The van der Waals surface area contributed by atoms with Crippen molar-refractivity contribution in [1.29, 1.82) is 0 Å². The Balaban J connectivity index is 3.43. The van der Waals surface area contributed by atoms with Crippen LogP contribution >= 0.6 is 11.6 Å². The van der Waals surface area contributed by atoms with Crippen LogP contribution in [0.2, 0.25) is 5.02 Å². The topological polar surface area (TPSA) is 26.3 Å². The van der Waals surface area contributed by atoms with Crippen LogP contribution in [0, 0.1) is 0 Å². The Morgan fingerprint density at radius 3 is 2.41 bits per heavy atom. The summed E-state index contributed by atoms with van der Waals surface area (Å²) < 4.78 is 43.0. The molecule has 0 aliphatic rings. The van der Waals surface area contributed by atoms with Gasteiger partial charge in [0, 0.05) is 5.56 Å². The number of ether oxygens (including phenoxy) is 1. The van der Waals surface area contributed by atoms with Crippen molar-refractivity contribution in [3.05, 3.63) is 28.3 Å². The van der Waals surface area contributed by atoms with Gasteiger partial charge in [-0.1, -0.05) is 11.6 Å². The van der Waals surface area contributed by atoms with Crippen LogP contribution in [0.4, 0.5) is 13.2 Å². The van der Waals surface area contributed by atoms with E-state index in [4.69, 9.17) is 16.3 Å². The molecule has 0 aliphatic heterocycles. The molecule has 2 nitrogen and oxygen atoms in total. The van der Waals surface area contributed by atoms with Gasteiger partial charge in [-0.15, -0.1) is 0 Å². The Morgan fingerprint density at radius 1 is 1.41 bits per heavy atom. The third kappa shape index (κ3) is 3.12. The van der Waals surface area contributed by atoms with Gasteiger partial charge < -0.3 is 4.74 Å². The number of hydrogen-bond acceptors (Lipinski definition) is 2. The van der Waals surface area contributed by atoms with Gasteiger partial charge in [0.1, 0.15) is 5.75 Å². The Labute approximate surface area is 101 Å². The molecule has 0 radical (unpaired) electrons. The van der Waals surface area contributed by atoms with Crippen molar-refractivity contribution >= 4 is 17.4 Å². The van der Waals surface area contributed by atoms with E-state index in [0.29, 0.717) is 0 Å². The standard InChI is InChI=1S/C11H10ClF3O2/c1-3-17-7-4-8(6(2)16)10(12)9(5-7)11(13,14)15/h4-5H,3H2,1-2H3. The van der Waals surface area contributed by atoms with Crippen molar-refractivity contribution in [2.24, 2.45) is 0 Å². The number of carbonyl (C=O) groups is 1. The number of alkyl halides is 3. The van der Waals surface area contributed by atoms with Gasteiger partial charge in [-0.05, 0) is 26.0 Å². The summed E-state index contributed by atoms with van der Waals surface area (Å²) in [5, 5.41) is -0.589. The fourth-order valence-electron chi connectivity index (χ4n) is 1.31. The van der Waals surface area contributed by atoms with Crippen molar-refractivity contribution in [3.63, 3.8) is 0 Å². The van der Waals surface area contributed by atoms with Crippen LogP contribution in [0.25, 0.3) is 0 Å². The minimum absolute atomic E-state index is 0.0191. The van der Waals surface area contributed by atoms with Crippen LogP contribution in [-0.2, 0) is 6.18 Å². The molecule has 6 heteroatoms. The molecule has 0 saturated heterocycles. The average Bonchev–Trinajstić information content (AvgIpc) is 2.18. The van der Waals surface area contributed by atoms with Gasteiger partial charge in [0.2, 0.25) is 0 Å². The van der Waals surface area contributed by atoms with Gasteiger partial charge in [0.25, 0.3) is 0 Å². The van der Waals surface area contributed by atoms with Crippen molar-refractivity contribution in [2.45, 2.75) is 20.0 Å². The highest BCUT2D eigenvalue weighted by atomic mass is 35.5. The number of hydrogen-bond donors (Lipinski definition) is 0. The Morgan fingerprint density at radius 2 is 2.00 bits per heavy atom. The molecule has 0 unspecified atom stereocenters. The van der Waals surface area contributed by atoms with Gasteiger partial charge >= 0.3 is 6.18 Å². The van der Waals surface area contributed by atoms with Crippen LogP contribution in [0.1, 0.15) is 29.8 Å². The predicted octanol–water partition coefficient (Wildman–Crippen LogP) is 3.96. The number of rotatable bonds is 3. The molecular weight excluding hydrogens is 257 g/mol. The molecule has 0 atom stereocenters. The Hall–Kier alpha value is -1.23. The summed E-state index contributed by atoms with van der Waals surface area (Å²) in [6.45, 7) is 2.99. The van der Waals surface area contributed by atoms with Crippen molar-refractivity contribution < 1.29 is 22.7 Å². The number of carbonyl (C=O) groups excluding carboxylic acids is 1. The Kier molecular flexibility index (Phi) is 4.03. The number of Topliss-reactive ketones (excluding diaryl/α,β-unsaturated/α-hetero) is 1. The van der Waals surface area contributed by atoms with E-state index in [1.165, 1.54) is 6.07 Å². The molecule has 17 heavy (non-hydrogen) atoms. The molecule has 1 aromatic rings. The SMILES string of the molecule is CCOc1cc(C(C)=O)c(Cl)c(C(F)(F)F)c1. The van der Waals surface area contributed by atoms with E-state index >= 15 is 0 Å². The molecule has 94 valence electrons. The molecule has 1 aromatic carbocycles. The summed E-state index contributed by atoms with van der Waals surface area (Å²) in [6.07, 6.45) is -4.62. The average molecular weight is 267 g/mol. The second kappa shape index (κ2) is 4.96. The smallest absolute Gasteiger partial charge is 0.418 e. The number of benzene rings is 1. The lowest BCUT2D eigenvalue weighted by Crippen LogP contribution is -2.09. The van der Waals surface area contributed by atoms with E-state index in [2.05, 4.69) is 0 Å². The van der Waals surface area contributed by atoms with E-state index in [1.54, 1.807) is 6.92 Å². The Bertz CT molecular complexity index is 441. The van der Waals surface area contributed by atoms with Gasteiger partial charge in [0.05, 0.1) is 17.2 Å². The first kappa shape index (κ1) is 13.8.